The van der Waals surface area contributed by atoms with Gasteiger partial charge in [0.15, 0.2) is 37.7 Å². The fourth-order valence-electron chi connectivity index (χ4n) is 19.4. The number of aliphatic hydroxyl groups is 14. The minimum atomic E-state index is -2.02. The summed E-state index contributed by atoms with van der Waals surface area (Å²) in [5.74, 6) is -0.745. The zero-order chi connectivity index (χ0) is 72.8. The third kappa shape index (κ3) is 13.9. The summed E-state index contributed by atoms with van der Waals surface area (Å²) in [7, 11) is 2.39. The van der Waals surface area contributed by atoms with Crippen molar-refractivity contribution in [2.45, 2.75) is 309 Å². The summed E-state index contributed by atoms with van der Waals surface area (Å²) in [5.41, 5.74) is 0.308. The lowest BCUT2D eigenvalue weighted by Gasteiger charge is -2.62. The molecular formula is C68H108O32. The summed E-state index contributed by atoms with van der Waals surface area (Å²) < 4.78 is 96.1. The minimum absolute atomic E-state index is 0.00481. The van der Waals surface area contributed by atoms with Gasteiger partial charge in [-0.05, 0) is 88.9 Å². The molecule has 7 saturated heterocycles. The summed E-state index contributed by atoms with van der Waals surface area (Å²) >= 11 is 0. The van der Waals surface area contributed by atoms with Crippen LogP contribution in [-0.2, 0) is 85.4 Å². The van der Waals surface area contributed by atoms with Crippen LogP contribution in [-0.4, -0.2) is 321 Å². The van der Waals surface area contributed by atoms with Crippen LogP contribution in [0.5, 0.6) is 0 Å². The van der Waals surface area contributed by atoms with Crippen LogP contribution in [0.25, 0.3) is 0 Å². The zero-order valence-electron chi connectivity index (χ0n) is 58.4. The first-order valence-electron chi connectivity index (χ1n) is 35.1. The fraction of sp³-hybridized carbons (Fsp3) is 0.912. The van der Waals surface area contributed by atoms with Gasteiger partial charge >= 0.3 is 11.9 Å². The quantitative estimate of drug-likeness (QED) is 0.0386. The number of methoxy groups -OCH3 is 2. The molecule has 0 bridgehead atoms. The molecule has 0 aromatic rings. The molecule has 14 N–H and O–H groups in total. The lowest BCUT2D eigenvalue weighted by Crippen LogP contribution is -2.67. The van der Waals surface area contributed by atoms with Crippen molar-refractivity contribution in [1.29, 1.82) is 0 Å². The van der Waals surface area contributed by atoms with Gasteiger partial charge in [-0.15, -0.1) is 6.58 Å². The van der Waals surface area contributed by atoms with E-state index in [0.717, 1.165) is 24.8 Å². The van der Waals surface area contributed by atoms with E-state index < -0.39 is 245 Å². The molecule has 0 amide bonds. The standard InChI is InChI=1S/C68H108O32/c1-27(2)20-30(90-29(4)72)21-67(9)39-15-18-66(8)32-12-13-38-64(5,6)40(16-17-65(38,7)31(32)14-19-68(39,66)63(84)100-67)95-62-56(44(77)37(26-88-62)94-59-50(83)55(43(76)36(24-71)91-59)98-61-49(82)54(86-11)42(75)35(23-70)93-61)99-58-46(79)45(78)51(28(3)89-58)96-57-47(80)52(33(73)25-87-57)97-60-48(81)53(85-10)41(74)34(22-69)92-60/h28,30,33-62,69-71,73-83H,1,12-26H2,2-11H3. The molecule has 100 heavy (non-hydrogen) atoms. The first kappa shape index (κ1) is 78.4. The molecule has 0 radical (unpaired) electrons. The molecule has 2 saturated carbocycles. The predicted octanol–water partition coefficient (Wildman–Crippen LogP) is -2.76. The van der Waals surface area contributed by atoms with Crippen molar-refractivity contribution in [3.63, 3.8) is 0 Å². The summed E-state index contributed by atoms with van der Waals surface area (Å²) in [6, 6.07) is 0. The maximum absolute atomic E-state index is 14.8. The maximum Gasteiger partial charge on any atom is 0.313 e. The molecule has 9 fully saturated rings. The van der Waals surface area contributed by atoms with Crippen LogP contribution in [0.2, 0.25) is 0 Å². The SMILES string of the molecule is C=C(C)CC(CC1(C)OC(=O)C23CCC4=C(CCC5C4(C)CCC(OC4OCC(OC6OC(CO)C(O)C(OC7OC(CO)C(O)C(OC)C7O)C6O)C(O)C4OC4OC(C)C(OC6OCC(O)C(OC7OC(CO)C(O)C(OC)C7O)C6O)C(O)C4O)C5(C)C)C2(C)CCC13)OC(C)=O. The van der Waals surface area contributed by atoms with Crippen molar-refractivity contribution in [3.05, 3.63) is 23.3 Å². The highest BCUT2D eigenvalue weighted by molar-refractivity contribution is 5.84. The highest BCUT2D eigenvalue weighted by Crippen LogP contribution is 2.76. The monoisotopic (exact) mass is 1440 g/mol. The molecule has 7 aliphatic heterocycles. The summed E-state index contributed by atoms with van der Waals surface area (Å²) in [4.78, 5) is 27.1. The van der Waals surface area contributed by atoms with Gasteiger partial charge in [0, 0.05) is 45.3 Å². The van der Waals surface area contributed by atoms with Gasteiger partial charge in [-0.25, -0.2) is 0 Å². The van der Waals surface area contributed by atoms with Crippen molar-refractivity contribution >= 4 is 11.9 Å². The van der Waals surface area contributed by atoms with Crippen molar-refractivity contribution in [2.75, 3.05) is 47.3 Å². The number of carbonyl (C=O) groups is 2. The van der Waals surface area contributed by atoms with E-state index >= 15 is 0 Å². The molecule has 11 aliphatic rings. The summed E-state index contributed by atoms with van der Waals surface area (Å²) in [6.07, 6.45) is -41.0. The van der Waals surface area contributed by atoms with Crippen molar-refractivity contribution in [2.24, 2.45) is 33.5 Å². The van der Waals surface area contributed by atoms with Crippen molar-refractivity contribution in [1.82, 2.24) is 0 Å². The Morgan fingerprint density at radius 3 is 1.65 bits per heavy atom. The smallest absolute Gasteiger partial charge is 0.313 e. The van der Waals surface area contributed by atoms with Gasteiger partial charge < -0.3 is 147 Å². The number of fused-ring (bicyclic) bond motifs is 3. The molecule has 11 rings (SSSR count). The van der Waals surface area contributed by atoms with Gasteiger partial charge in [0.25, 0.3) is 0 Å². The second kappa shape index (κ2) is 30.5. The molecule has 0 aromatic heterocycles. The van der Waals surface area contributed by atoms with E-state index in [2.05, 4.69) is 34.3 Å². The molecule has 7 heterocycles. The van der Waals surface area contributed by atoms with Crippen LogP contribution in [0.3, 0.4) is 0 Å². The number of hydrogen-bond acceptors (Lipinski definition) is 32. The highest BCUT2D eigenvalue weighted by atomic mass is 16.8. The van der Waals surface area contributed by atoms with E-state index in [4.69, 9.17) is 75.8 Å². The van der Waals surface area contributed by atoms with Gasteiger partial charge in [-0.1, -0.05) is 44.4 Å². The van der Waals surface area contributed by atoms with Gasteiger partial charge in [-0.3, -0.25) is 9.59 Å². The largest absolute Gasteiger partial charge is 0.462 e. The Hall–Kier alpha value is -2.70. The Labute approximate surface area is 580 Å². The Bertz CT molecular complexity index is 2860. The molecule has 36 atom stereocenters. The molecule has 32 heteroatoms. The van der Waals surface area contributed by atoms with Crippen LogP contribution >= 0.6 is 0 Å². The average Bonchev–Trinajstić information content (AvgIpc) is 1.47. The fourth-order valence-corrected chi connectivity index (χ4v) is 19.4. The molecule has 1 spiro atoms. The number of esters is 2. The molecule has 4 aliphatic carbocycles. The Morgan fingerprint density at radius 1 is 0.540 bits per heavy atom. The topological polar surface area (TPSA) is 465 Å². The second-order valence-electron chi connectivity index (χ2n) is 30.9. The summed E-state index contributed by atoms with van der Waals surface area (Å²) in [5, 5.41) is 156. The zero-order valence-corrected chi connectivity index (χ0v) is 58.4. The lowest BCUT2D eigenvalue weighted by molar-refractivity contribution is -0.394. The van der Waals surface area contributed by atoms with E-state index in [1.807, 2.05) is 13.8 Å². The van der Waals surface area contributed by atoms with Gasteiger partial charge in [0.2, 0.25) is 0 Å². The van der Waals surface area contributed by atoms with E-state index in [9.17, 15) is 81.1 Å². The normalized spacial score (nSPS) is 50.5. The number of carbonyl (C=O) groups excluding carboxylic acids is 2. The molecule has 572 valence electrons. The summed E-state index contributed by atoms with van der Waals surface area (Å²) in [6.45, 7) is 16.2. The second-order valence-corrected chi connectivity index (χ2v) is 30.9. The van der Waals surface area contributed by atoms with Crippen molar-refractivity contribution in [3.8, 4) is 0 Å². The molecule has 0 aromatic carbocycles. The molecule has 36 unspecified atom stereocenters. The number of rotatable bonds is 22. The first-order chi connectivity index (χ1) is 47.2. The van der Waals surface area contributed by atoms with Crippen LogP contribution in [0, 0.1) is 33.5 Å². The number of hydrogen-bond donors (Lipinski definition) is 14. The number of aliphatic hydroxyl groups excluding tert-OH is 14. The average molecular weight is 1440 g/mol. The number of ether oxygens (including phenoxy) is 16. The van der Waals surface area contributed by atoms with Crippen LogP contribution < -0.4 is 0 Å². The van der Waals surface area contributed by atoms with Gasteiger partial charge in [-0.2, -0.15) is 0 Å². The van der Waals surface area contributed by atoms with Crippen LogP contribution in [0.15, 0.2) is 23.3 Å². The van der Waals surface area contributed by atoms with Gasteiger partial charge in [0.05, 0.1) is 50.7 Å². The van der Waals surface area contributed by atoms with E-state index in [0.29, 0.717) is 44.9 Å². The minimum Gasteiger partial charge on any atom is -0.462 e. The molecule has 32 nitrogen and oxygen atoms in total. The van der Waals surface area contributed by atoms with Crippen molar-refractivity contribution < 1.29 is 157 Å². The third-order valence-corrected chi connectivity index (χ3v) is 24.5. The van der Waals surface area contributed by atoms with Crippen LogP contribution in [0.4, 0.5) is 0 Å². The Kier molecular flexibility index (Phi) is 23.9. The predicted molar refractivity (Wildman–Crippen MR) is 335 cm³/mol. The third-order valence-electron chi connectivity index (χ3n) is 24.5. The highest BCUT2D eigenvalue weighted by Gasteiger charge is 2.76. The maximum atomic E-state index is 14.8. The van der Waals surface area contributed by atoms with E-state index in [1.54, 1.807) is 0 Å². The van der Waals surface area contributed by atoms with E-state index in [1.165, 1.54) is 39.2 Å². The first-order valence-corrected chi connectivity index (χ1v) is 35.1. The lowest BCUT2D eigenvalue weighted by atomic mass is 9.43. The number of allylic oxidation sites excluding steroid dienone is 2. The molecular weight excluding hydrogens is 1330 g/mol. The number of cyclic esters (lactones) is 1. The van der Waals surface area contributed by atoms with Crippen LogP contribution in [0.1, 0.15) is 120 Å². The Balaban J connectivity index is 0.829. The van der Waals surface area contributed by atoms with Gasteiger partial charge in [0.1, 0.15) is 140 Å². The van der Waals surface area contributed by atoms with E-state index in [-0.39, 0.29) is 23.2 Å². The Morgan fingerprint density at radius 2 is 1.07 bits per heavy atom.